The van der Waals surface area contributed by atoms with E-state index in [1.54, 1.807) is 7.05 Å². The van der Waals surface area contributed by atoms with Crippen LogP contribution in [-0.2, 0) is 9.53 Å². The van der Waals surface area contributed by atoms with Crippen LogP contribution in [0.1, 0.15) is 39.5 Å². The van der Waals surface area contributed by atoms with E-state index in [2.05, 4.69) is 5.32 Å². The molecule has 0 saturated carbocycles. The second-order valence-electron chi connectivity index (χ2n) is 5.04. The molecular weight excluding hydrogens is 230 g/mol. The van der Waals surface area contributed by atoms with Gasteiger partial charge in [-0.3, -0.25) is 4.79 Å². The number of carbonyl (C=O) groups excluding carboxylic acids is 2. The molecule has 1 aliphatic rings. The average Bonchev–Trinajstić information content (AvgIpc) is 2.31. The summed E-state index contributed by atoms with van der Waals surface area (Å²) in [5.41, 5.74) is 0. The molecule has 1 aliphatic carbocycles. The standard InChI is InChI=1S/C14H23NO3/c1-10(2)13(16)11-6-4-8-12(9-5-7-11)18-14(17)15-3/h4,8,10-12H,5-7,9H2,1-3H3,(H,15,17)/b8-4+. The predicted molar refractivity (Wildman–Crippen MR) is 70.3 cm³/mol. The molecule has 0 bridgehead atoms. The topological polar surface area (TPSA) is 55.4 Å². The third-order valence-electron chi connectivity index (χ3n) is 3.25. The summed E-state index contributed by atoms with van der Waals surface area (Å²) in [4.78, 5) is 23.1. The zero-order valence-corrected chi connectivity index (χ0v) is 11.4. The van der Waals surface area contributed by atoms with Crippen LogP contribution in [0.5, 0.6) is 0 Å². The Balaban J connectivity index is 2.52. The van der Waals surface area contributed by atoms with Crippen LogP contribution in [-0.4, -0.2) is 25.0 Å². The van der Waals surface area contributed by atoms with Gasteiger partial charge in [-0.2, -0.15) is 0 Å². The smallest absolute Gasteiger partial charge is 0.407 e. The lowest BCUT2D eigenvalue weighted by molar-refractivity contribution is -0.126. The average molecular weight is 253 g/mol. The number of hydrogen-bond acceptors (Lipinski definition) is 3. The van der Waals surface area contributed by atoms with E-state index in [1.165, 1.54) is 0 Å². The third-order valence-corrected chi connectivity index (χ3v) is 3.25. The first-order chi connectivity index (χ1) is 8.54. The van der Waals surface area contributed by atoms with Gasteiger partial charge in [-0.1, -0.05) is 19.9 Å². The number of amides is 1. The molecular formula is C14H23NO3. The van der Waals surface area contributed by atoms with Crippen LogP contribution in [0.3, 0.4) is 0 Å². The van der Waals surface area contributed by atoms with Crippen LogP contribution in [0.2, 0.25) is 0 Å². The van der Waals surface area contributed by atoms with Crippen molar-refractivity contribution in [2.24, 2.45) is 11.8 Å². The number of ether oxygens (including phenoxy) is 1. The third kappa shape index (κ3) is 4.51. The fraction of sp³-hybridized carbons (Fsp3) is 0.714. The molecule has 2 unspecified atom stereocenters. The number of ketones is 1. The molecule has 4 nitrogen and oxygen atoms in total. The molecule has 0 aliphatic heterocycles. The zero-order valence-electron chi connectivity index (χ0n) is 11.4. The van der Waals surface area contributed by atoms with Gasteiger partial charge in [0.2, 0.25) is 0 Å². The highest BCUT2D eigenvalue weighted by Crippen LogP contribution is 2.23. The highest BCUT2D eigenvalue weighted by atomic mass is 16.6. The van der Waals surface area contributed by atoms with Crippen LogP contribution in [0.25, 0.3) is 0 Å². The summed E-state index contributed by atoms with van der Waals surface area (Å²) in [5.74, 6) is 0.563. The normalized spacial score (nSPS) is 26.0. The molecule has 102 valence electrons. The molecule has 0 fully saturated rings. The Hall–Kier alpha value is -1.32. The number of allylic oxidation sites excluding steroid dienone is 1. The second-order valence-corrected chi connectivity index (χ2v) is 5.04. The van der Waals surface area contributed by atoms with Crippen molar-refractivity contribution in [2.75, 3.05) is 7.05 Å². The van der Waals surface area contributed by atoms with E-state index in [9.17, 15) is 9.59 Å². The molecule has 0 heterocycles. The lowest BCUT2D eigenvalue weighted by atomic mass is 9.86. The molecule has 0 aromatic heterocycles. The maximum absolute atomic E-state index is 11.9. The van der Waals surface area contributed by atoms with Crippen molar-refractivity contribution in [3.05, 3.63) is 12.2 Å². The van der Waals surface area contributed by atoms with E-state index in [0.717, 1.165) is 25.7 Å². The van der Waals surface area contributed by atoms with Crippen molar-refractivity contribution in [2.45, 2.75) is 45.6 Å². The van der Waals surface area contributed by atoms with E-state index < -0.39 is 6.09 Å². The summed E-state index contributed by atoms with van der Waals surface area (Å²) >= 11 is 0. The largest absolute Gasteiger partial charge is 0.442 e. The second kappa shape index (κ2) is 7.19. The molecule has 1 N–H and O–H groups in total. The number of hydrogen-bond donors (Lipinski definition) is 1. The summed E-state index contributed by atoms with van der Waals surface area (Å²) in [6.07, 6.45) is 6.63. The van der Waals surface area contributed by atoms with Crippen LogP contribution in [0, 0.1) is 11.8 Å². The molecule has 0 saturated heterocycles. The van der Waals surface area contributed by atoms with Gasteiger partial charge >= 0.3 is 6.09 Å². The summed E-state index contributed by atoms with van der Waals surface area (Å²) in [6, 6.07) is 0. The molecule has 0 aromatic rings. The summed E-state index contributed by atoms with van der Waals surface area (Å²) < 4.78 is 5.20. The van der Waals surface area contributed by atoms with Crippen molar-refractivity contribution in [1.82, 2.24) is 5.32 Å². The van der Waals surface area contributed by atoms with Crippen molar-refractivity contribution in [1.29, 1.82) is 0 Å². The van der Waals surface area contributed by atoms with Crippen LogP contribution in [0.15, 0.2) is 12.2 Å². The fourth-order valence-corrected chi connectivity index (χ4v) is 2.20. The van der Waals surface area contributed by atoms with Crippen molar-refractivity contribution < 1.29 is 14.3 Å². The van der Waals surface area contributed by atoms with Crippen molar-refractivity contribution in [3.63, 3.8) is 0 Å². The monoisotopic (exact) mass is 253 g/mol. The van der Waals surface area contributed by atoms with Crippen LogP contribution >= 0.6 is 0 Å². The Labute approximate surface area is 109 Å². The van der Waals surface area contributed by atoms with Crippen LogP contribution < -0.4 is 5.32 Å². The Morgan fingerprint density at radius 2 is 2.06 bits per heavy atom. The predicted octanol–water partition coefficient (Wildman–Crippen LogP) is 2.68. The molecule has 0 spiro atoms. The maximum atomic E-state index is 11.9. The number of Topliss-reactive ketones (excluding diaryl/α,β-unsaturated/α-hetero) is 1. The van der Waals surface area contributed by atoms with Gasteiger partial charge < -0.3 is 10.1 Å². The molecule has 2 atom stereocenters. The van der Waals surface area contributed by atoms with Gasteiger partial charge in [0.15, 0.2) is 0 Å². The quantitative estimate of drug-likeness (QED) is 0.787. The Morgan fingerprint density at radius 3 is 2.67 bits per heavy atom. The molecule has 0 aromatic carbocycles. The minimum atomic E-state index is -0.403. The zero-order chi connectivity index (χ0) is 13.5. The van der Waals surface area contributed by atoms with E-state index in [4.69, 9.17) is 4.74 Å². The molecule has 4 heteroatoms. The molecule has 18 heavy (non-hydrogen) atoms. The maximum Gasteiger partial charge on any atom is 0.407 e. The lowest BCUT2D eigenvalue weighted by Gasteiger charge is -2.21. The Bertz CT molecular complexity index is 323. The van der Waals surface area contributed by atoms with Crippen LogP contribution in [0.4, 0.5) is 4.79 Å². The number of nitrogens with one attached hydrogen (secondary N) is 1. The Kier molecular flexibility index (Phi) is 5.89. The minimum absolute atomic E-state index is 0.0979. The van der Waals surface area contributed by atoms with Gasteiger partial charge in [0.05, 0.1) is 0 Å². The Morgan fingerprint density at radius 1 is 1.33 bits per heavy atom. The van der Waals surface area contributed by atoms with E-state index in [0.29, 0.717) is 5.78 Å². The molecule has 1 amide bonds. The summed E-state index contributed by atoms with van der Waals surface area (Å²) in [5, 5.41) is 2.44. The minimum Gasteiger partial charge on any atom is -0.442 e. The van der Waals surface area contributed by atoms with Gasteiger partial charge in [0, 0.05) is 18.9 Å². The van der Waals surface area contributed by atoms with E-state index in [-0.39, 0.29) is 17.9 Å². The van der Waals surface area contributed by atoms with Gasteiger partial charge in [-0.15, -0.1) is 0 Å². The number of alkyl carbamates (subject to hydrolysis) is 1. The van der Waals surface area contributed by atoms with E-state index >= 15 is 0 Å². The molecule has 1 rings (SSSR count). The van der Waals surface area contributed by atoms with Crippen molar-refractivity contribution >= 4 is 11.9 Å². The van der Waals surface area contributed by atoms with Gasteiger partial charge in [0.25, 0.3) is 0 Å². The number of rotatable bonds is 3. The van der Waals surface area contributed by atoms with Gasteiger partial charge in [-0.05, 0) is 31.8 Å². The lowest BCUT2D eigenvalue weighted by Crippen LogP contribution is -2.26. The first-order valence-corrected chi connectivity index (χ1v) is 6.63. The summed E-state index contributed by atoms with van der Waals surface area (Å²) in [7, 11) is 1.55. The highest BCUT2D eigenvalue weighted by Gasteiger charge is 2.22. The van der Waals surface area contributed by atoms with Gasteiger partial charge in [0.1, 0.15) is 11.9 Å². The first-order valence-electron chi connectivity index (χ1n) is 6.63. The number of carbonyl (C=O) groups is 2. The summed E-state index contributed by atoms with van der Waals surface area (Å²) in [6.45, 7) is 3.89. The first kappa shape index (κ1) is 14.7. The molecule has 0 radical (unpaired) electrons. The highest BCUT2D eigenvalue weighted by molar-refractivity contribution is 5.82. The van der Waals surface area contributed by atoms with Crippen molar-refractivity contribution in [3.8, 4) is 0 Å². The SMILES string of the molecule is CNC(=O)OC1/C=C/CC(C(=O)C(C)C)CCC1. The fourth-order valence-electron chi connectivity index (χ4n) is 2.20. The van der Waals surface area contributed by atoms with Gasteiger partial charge in [-0.25, -0.2) is 4.79 Å². The van der Waals surface area contributed by atoms with E-state index in [1.807, 2.05) is 26.0 Å².